The minimum absolute atomic E-state index is 0.114. The lowest BCUT2D eigenvalue weighted by molar-refractivity contribution is -0.166. The van der Waals surface area contributed by atoms with Gasteiger partial charge in [0.2, 0.25) is 0 Å². The predicted octanol–water partition coefficient (Wildman–Crippen LogP) is 19.0. The largest absolute Gasteiger partial charge is 0.462 e. The van der Waals surface area contributed by atoms with Crippen LogP contribution in [-0.2, 0) is 28.6 Å². The Bertz CT molecular complexity index is 1260. The first kappa shape index (κ1) is 63.8. The maximum absolute atomic E-state index is 12.8. The second-order valence-electron chi connectivity index (χ2n) is 18.8. The van der Waals surface area contributed by atoms with Gasteiger partial charge in [-0.2, -0.15) is 0 Å². The summed E-state index contributed by atoms with van der Waals surface area (Å²) in [5, 5.41) is 0. The van der Waals surface area contributed by atoms with E-state index in [4.69, 9.17) is 14.2 Å². The number of rotatable bonds is 51. The molecule has 0 aliphatic heterocycles. The molecule has 0 aliphatic carbocycles. The van der Waals surface area contributed by atoms with Crippen LogP contribution in [0.4, 0.5) is 0 Å². The highest BCUT2D eigenvalue weighted by molar-refractivity contribution is 5.71. The molecule has 1 unspecified atom stereocenters. The zero-order valence-electron chi connectivity index (χ0n) is 44.2. The molecule has 6 heteroatoms. The van der Waals surface area contributed by atoms with Crippen molar-refractivity contribution in [3.05, 3.63) is 72.9 Å². The second kappa shape index (κ2) is 55.4. The summed E-state index contributed by atoms with van der Waals surface area (Å²) in [6, 6.07) is 0. The third-order valence-electron chi connectivity index (χ3n) is 12.2. The number of allylic oxidation sites excluding steroid dienone is 12. The van der Waals surface area contributed by atoms with Gasteiger partial charge in [0.25, 0.3) is 0 Å². The van der Waals surface area contributed by atoms with Gasteiger partial charge in [0, 0.05) is 19.3 Å². The van der Waals surface area contributed by atoms with Crippen LogP contribution < -0.4 is 0 Å². The first-order chi connectivity index (χ1) is 33.0. The molecule has 0 amide bonds. The molecular weight excluding hydrogens is 829 g/mol. The van der Waals surface area contributed by atoms with Crippen LogP contribution >= 0.6 is 0 Å². The Morgan fingerprint density at radius 2 is 0.582 bits per heavy atom. The number of carbonyl (C=O) groups excluding carboxylic acids is 3. The molecule has 6 nitrogen and oxygen atoms in total. The molecule has 0 rings (SSSR count). The summed E-state index contributed by atoms with van der Waals surface area (Å²) in [5.74, 6) is -1.04. The summed E-state index contributed by atoms with van der Waals surface area (Å²) in [7, 11) is 0. The van der Waals surface area contributed by atoms with Gasteiger partial charge in [-0.25, -0.2) is 0 Å². The Labute approximate surface area is 414 Å². The Morgan fingerprint density at radius 3 is 0.985 bits per heavy atom. The van der Waals surface area contributed by atoms with Crippen LogP contribution in [0.25, 0.3) is 0 Å². The third kappa shape index (κ3) is 53.7. The predicted molar refractivity (Wildman–Crippen MR) is 288 cm³/mol. The van der Waals surface area contributed by atoms with Crippen molar-refractivity contribution >= 4 is 17.9 Å². The van der Waals surface area contributed by atoms with Gasteiger partial charge in [0.15, 0.2) is 6.10 Å². The highest BCUT2D eigenvalue weighted by Crippen LogP contribution is 2.14. The zero-order chi connectivity index (χ0) is 48.6. The van der Waals surface area contributed by atoms with E-state index in [1.54, 1.807) is 0 Å². The first-order valence-electron chi connectivity index (χ1n) is 28.4. The summed E-state index contributed by atoms with van der Waals surface area (Å²) in [5.41, 5.74) is 0. The molecule has 0 aromatic carbocycles. The second-order valence-corrected chi connectivity index (χ2v) is 18.8. The van der Waals surface area contributed by atoms with Crippen LogP contribution in [0.3, 0.4) is 0 Å². The van der Waals surface area contributed by atoms with Crippen LogP contribution in [0.15, 0.2) is 72.9 Å². The average molecular weight is 936 g/mol. The van der Waals surface area contributed by atoms with Crippen molar-refractivity contribution in [3.63, 3.8) is 0 Å². The van der Waals surface area contributed by atoms with Crippen molar-refractivity contribution in [3.8, 4) is 0 Å². The highest BCUT2D eigenvalue weighted by Gasteiger charge is 2.19. The Morgan fingerprint density at radius 1 is 0.299 bits per heavy atom. The van der Waals surface area contributed by atoms with E-state index in [1.807, 2.05) is 6.08 Å². The molecule has 1 atom stereocenters. The number of carbonyl (C=O) groups is 3. The van der Waals surface area contributed by atoms with E-state index in [9.17, 15) is 14.4 Å². The quantitative estimate of drug-likeness (QED) is 0.0262. The van der Waals surface area contributed by atoms with Crippen molar-refractivity contribution in [2.45, 2.75) is 284 Å². The molecule has 0 radical (unpaired) electrons. The number of hydrogen-bond acceptors (Lipinski definition) is 6. The fraction of sp³-hybridized carbons (Fsp3) is 0.754. The van der Waals surface area contributed by atoms with Crippen molar-refractivity contribution in [1.82, 2.24) is 0 Å². The van der Waals surface area contributed by atoms with Crippen molar-refractivity contribution in [2.75, 3.05) is 13.2 Å². The smallest absolute Gasteiger partial charge is 0.306 e. The lowest BCUT2D eigenvalue weighted by Gasteiger charge is -2.18. The molecule has 0 heterocycles. The minimum Gasteiger partial charge on any atom is -0.462 e. The summed E-state index contributed by atoms with van der Waals surface area (Å²) >= 11 is 0. The van der Waals surface area contributed by atoms with Gasteiger partial charge >= 0.3 is 17.9 Å². The van der Waals surface area contributed by atoms with Crippen LogP contribution in [0.2, 0.25) is 0 Å². The monoisotopic (exact) mass is 935 g/mol. The average Bonchev–Trinajstić information content (AvgIpc) is 3.33. The first-order valence-corrected chi connectivity index (χ1v) is 28.4. The molecular formula is C61H106O6. The summed E-state index contributed by atoms with van der Waals surface area (Å²) in [6.45, 7) is 6.54. The fourth-order valence-corrected chi connectivity index (χ4v) is 7.86. The molecule has 67 heavy (non-hydrogen) atoms. The summed E-state index contributed by atoms with van der Waals surface area (Å²) < 4.78 is 16.7. The van der Waals surface area contributed by atoms with E-state index < -0.39 is 6.10 Å². The van der Waals surface area contributed by atoms with Gasteiger partial charge in [-0.15, -0.1) is 0 Å². The molecule has 0 fully saturated rings. The normalized spacial score (nSPS) is 12.6. The van der Waals surface area contributed by atoms with E-state index in [0.717, 1.165) is 51.4 Å². The maximum atomic E-state index is 12.8. The Balaban J connectivity index is 4.48. The van der Waals surface area contributed by atoms with E-state index in [2.05, 4.69) is 87.6 Å². The standard InChI is InChI=1S/C61H106O6/c1-4-7-10-13-16-19-22-25-27-29-30-32-33-36-39-42-45-48-51-54-60(63)66-57-58(56-65-59(62)53-50-47-44-41-38-35-24-21-18-15-12-9-6-3)67-61(64)55-52-49-46-43-40-37-34-31-28-26-23-20-17-14-11-8-5-2/h26,28-30,34-35,37-38,43-44,46-47,58H,4-25,27,31-33,36,39-42,45,48-57H2,1-3H3/b28-26-,30-29-,37-34-,38-35-,46-43-,47-44-. The van der Waals surface area contributed by atoms with Gasteiger partial charge in [-0.1, -0.05) is 235 Å². The topological polar surface area (TPSA) is 78.9 Å². The zero-order valence-corrected chi connectivity index (χ0v) is 44.2. The van der Waals surface area contributed by atoms with E-state index in [0.29, 0.717) is 19.3 Å². The molecule has 386 valence electrons. The molecule has 0 saturated heterocycles. The van der Waals surface area contributed by atoms with Crippen LogP contribution in [0, 0.1) is 0 Å². The van der Waals surface area contributed by atoms with Gasteiger partial charge in [0.1, 0.15) is 13.2 Å². The number of unbranched alkanes of at least 4 members (excludes halogenated alkanes) is 28. The van der Waals surface area contributed by atoms with E-state index >= 15 is 0 Å². The fourth-order valence-electron chi connectivity index (χ4n) is 7.86. The van der Waals surface area contributed by atoms with Crippen LogP contribution in [0.5, 0.6) is 0 Å². The van der Waals surface area contributed by atoms with Gasteiger partial charge < -0.3 is 14.2 Å². The van der Waals surface area contributed by atoms with E-state index in [1.165, 1.54) is 173 Å². The number of hydrogen-bond donors (Lipinski definition) is 0. The maximum Gasteiger partial charge on any atom is 0.306 e. The summed E-state index contributed by atoms with van der Waals surface area (Å²) in [4.78, 5) is 38.0. The Kier molecular flexibility index (Phi) is 52.8. The third-order valence-corrected chi connectivity index (χ3v) is 12.2. The molecule has 0 spiro atoms. The van der Waals surface area contributed by atoms with Crippen LogP contribution in [0.1, 0.15) is 278 Å². The molecule has 0 aromatic rings. The molecule has 0 aliphatic rings. The van der Waals surface area contributed by atoms with Crippen molar-refractivity contribution in [2.24, 2.45) is 0 Å². The summed E-state index contributed by atoms with van der Waals surface area (Å²) in [6.07, 6.45) is 70.6. The lowest BCUT2D eigenvalue weighted by atomic mass is 10.1. The van der Waals surface area contributed by atoms with Crippen molar-refractivity contribution in [1.29, 1.82) is 0 Å². The number of esters is 3. The molecule has 0 N–H and O–H groups in total. The molecule has 0 saturated carbocycles. The Hall–Kier alpha value is -3.15. The molecule has 0 aromatic heterocycles. The van der Waals surface area contributed by atoms with Crippen LogP contribution in [-0.4, -0.2) is 37.2 Å². The van der Waals surface area contributed by atoms with Gasteiger partial charge in [-0.3, -0.25) is 14.4 Å². The van der Waals surface area contributed by atoms with Gasteiger partial charge in [0.05, 0.1) is 0 Å². The highest BCUT2D eigenvalue weighted by atomic mass is 16.6. The SMILES string of the molecule is CCCCCCCC/C=C\C/C=C\C/C=C\CCCC(=O)OC(COC(=O)CC/C=C\C/C=C\CCCCCCCC)COC(=O)CCCCCCCCC/C=C\CCCCCCCCCC. The van der Waals surface area contributed by atoms with E-state index in [-0.39, 0.29) is 44.0 Å². The minimum atomic E-state index is -0.826. The van der Waals surface area contributed by atoms with Crippen molar-refractivity contribution < 1.29 is 28.6 Å². The van der Waals surface area contributed by atoms with Gasteiger partial charge in [-0.05, 0) is 96.3 Å². The lowest BCUT2D eigenvalue weighted by Crippen LogP contribution is -2.30. The molecule has 0 bridgehead atoms. The number of ether oxygens (including phenoxy) is 3.